The minimum absolute atomic E-state index is 0.0842. The normalized spacial score (nSPS) is 17.0. The van der Waals surface area contributed by atoms with Crippen LogP contribution in [0.25, 0.3) is 0 Å². The molecule has 1 aromatic heterocycles. The number of carbonyl (C=O) groups is 1. The van der Waals surface area contributed by atoms with Gasteiger partial charge in [0.2, 0.25) is 11.1 Å². The third-order valence-corrected chi connectivity index (χ3v) is 9.55. The lowest BCUT2D eigenvalue weighted by molar-refractivity contribution is -0.146. The summed E-state index contributed by atoms with van der Waals surface area (Å²) in [6, 6.07) is 11.0. The Morgan fingerprint density at radius 2 is 1.98 bits per heavy atom. The molecular weight excluding hydrogens is 652 g/mol. The zero-order chi connectivity index (χ0) is 30.5. The van der Waals surface area contributed by atoms with Gasteiger partial charge in [-0.2, -0.15) is 4.98 Å². The highest BCUT2D eigenvalue weighted by Gasteiger charge is 2.37. The SMILES string of the molecule is COc1cc(C2C(C(=O)OC3CCCCC3)=C(C)Nc3nc(SCc4ccccc4Cl)nn32)cc(Br)c1OCCC(C)C. The van der Waals surface area contributed by atoms with E-state index in [4.69, 9.17) is 35.9 Å². The Morgan fingerprint density at radius 1 is 1.21 bits per heavy atom. The number of hydrogen-bond donors (Lipinski definition) is 1. The third-order valence-electron chi connectivity index (χ3n) is 7.70. The summed E-state index contributed by atoms with van der Waals surface area (Å²) in [5.41, 5.74) is 2.97. The maximum absolute atomic E-state index is 13.9. The van der Waals surface area contributed by atoms with E-state index in [9.17, 15) is 4.79 Å². The Kier molecular flexibility index (Phi) is 10.6. The van der Waals surface area contributed by atoms with Gasteiger partial charge < -0.3 is 19.5 Å². The minimum atomic E-state index is -0.593. The van der Waals surface area contributed by atoms with Crippen molar-refractivity contribution in [1.29, 1.82) is 0 Å². The van der Waals surface area contributed by atoms with Crippen LogP contribution in [0.1, 0.15) is 76.5 Å². The lowest BCUT2D eigenvalue weighted by atomic mass is 9.94. The summed E-state index contributed by atoms with van der Waals surface area (Å²) in [4.78, 5) is 18.6. The second-order valence-corrected chi connectivity index (χ2v) is 13.5. The summed E-state index contributed by atoms with van der Waals surface area (Å²) in [5, 5.41) is 9.46. The number of carbonyl (C=O) groups excluding carboxylic acids is 1. The molecule has 8 nitrogen and oxygen atoms in total. The molecule has 11 heteroatoms. The van der Waals surface area contributed by atoms with E-state index in [2.05, 4.69) is 35.1 Å². The fourth-order valence-electron chi connectivity index (χ4n) is 5.36. The molecule has 1 atom stereocenters. The van der Waals surface area contributed by atoms with Gasteiger partial charge >= 0.3 is 5.97 Å². The summed E-state index contributed by atoms with van der Waals surface area (Å²) < 4.78 is 20.5. The number of esters is 1. The first kappa shape index (κ1) is 31.7. The van der Waals surface area contributed by atoms with Gasteiger partial charge in [0, 0.05) is 16.5 Å². The zero-order valence-corrected chi connectivity index (χ0v) is 28.2. The smallest absolute Gasteiger partial charge is 0.338 e. The second kappa shape index (κ2) is 14.4. The monoisotopic (exact) mass is 688 g/mol. The molecule has 1 unspecified atom stereocenters. The van der Waals surface area contributed by atoms with E-state index in [1.165, 1.54) is 18.2 Å². The molecule has 0 amide bonds. The summed E-state index contributed by atoms with van der Waals surface area (Å²) in [5.74, 6) is 2.52. The molecular formula is C32H38BrClN4O4S. The number of methoxy groups -OCH3 is 1. The molecule has 2 aromatic carbocycles. The van der Waals surface area contributed by atoms with Crippen LogP contribution in [0.2, 0.25) is 5.02 Å². The number of rotatable bonds is 11. The van der Waals surface area contributed by atoms with Crippen LogP contribution in [0.5, 0.6) is 11.5 Å². The van der Waals surface area contributed by atoms with Crippen molar-refractivity contribution in [3.63, 3.8) is 0 Å². The van der Waals surface area contributed by atoms with Crippen molar-refractivity contribution in [2.24, 2.45) is 5.92 Å². The molecule has 1 aliphatic carbocycles. The lowest BCUT2D eigenvalue weighted by Crippen LogP contribution is -2.32. The molecule has 5 rings (SSSR count). The molecule has 2 heterocycles. The maximum atomic E-state index is 13.9. The van der Waals surface area contributed by atoms with E-state index in [0.717, 1.165) is 47.7 Å². The number of hydrogen-bond acceptors (Lipinski definition) is 8. The van der Waals surface area contributed by atoms with Crippen LogP contribution < -0.4 is 14.8 Å². The van der Waals surface area contributed by atoms with Crippen LogP contribution in [0.3, 0.4) is 0 Å². The number of halogens is 2. The van der Waals surface area contributed by atoms with Gasteiger partial charge in [-0.3, -0.25) is 0 Å². The number of aromatic nitrogens is 3. The van der Waals surface area contributed by atoms with E-state index in [-0.39, 0.29) is 12.1 Å². The highest BCUT2D eigenvalue weighted by molar-refractivity contribution is 9.10. The second-order valence-electron chi connectivity index (χ2n) is 11.3. The van der Waals surface area contributed by atoms with Crippen LogP contribution >= 0.6 is 39.3 Å². The van der Waals surface area contributed by atoms with Crippen molar-refractivity contribution in [2.75, 3.05) is 19.0 Å². The quantitative estimate of drug-likeness (QED) is 0.158. The Bertz CT molecular complexity index is 1490. The third kappa shape index (κ3) is 7.52. The number of anilines is 1. The van der Waals surface area contributed by atoms with Crippen LogP contribution in [0, 0.1) is 5.92 Å². The van der Waals surface area contributed by atoms with Gasteiger partial charge in [-0.1, -0.05) is 61.8 Å². The summed E-state index contributed by atoms with van der Waals surface area (Å²) in [7, 11) is 1.62. The van der Waals surface area contributed by atoms with Gasteiger partial charge in [0.25, 0.3) is 0 Å². The van der Waals surface area contributed by atoms with Gasteiger partial charge in [0.05, 0.1) is 23.8 Å². The van der Waals surface area contributed by atoms with Gasteiger partial charge in [-0.15, -0.1) is 5.10 Å². The number of nitrogens with one attached hydrogen (secondary N) is 1. The largest absolute Gasteiger partial charge is 0.493 e. The molecule has 43 heavy (non-hydrogen) atoms. The summed E-state index contributed by atoms with van der Waals surface area (Å²) in [6.07, 6.45) is 5.92. The van der Waals surface area contributed by atoms with E-state index in [1.807, 2.05) is 43.3 Å². The van der Waals surface area contributed by atoms with Crippen molar-refractivity contribution < 1.29 is 19.0 Å². The van der Waals surface area contributed by atoms with E-state index >= 15 is 0 Å². The van der Waals surface area contributed by atoms with Gasteiger partial charge in [-0.05, 0) is 90.2 Å². The maximum Gasteiger partial charge on any atom is 0.338 e. The molecule has 0 spiro atoms. The Balaban J connectivity index is 1.51. The predicted octanol–water partition coefficient (Wildman–Crippen LogP) is 8.58. The Labute approximate surface area is 271 Å². The molecule has 1 fully saturated rings. The molecule has 0 saturated heterocycles. The van der Waals surface area contributed by atoms with Crippen LogP contribution in [0.15, 0.2) is 57.3 Å². The van der Waals surface area contributed by atoms with Crippen molar-refractivity contribution in [3.8, 4) is 11.5 Å². The average Bonchev–Trinajstić information content (AvgIpc) is 3.39. The first-order chi connectivity index (χ1) is 20.7. The summed E-state index contributed by atoms with van der Waals surface area (Å²) in [6.45, 7) is 6.77. The highest BCUT2D eigenvalue weighted by Crippen LogP contribution is 2.44. The van der Waals surface area contributed by atoms with Crippen molar-refractivity contribution in [3.05, 3.63) is 68.3 Å². The number of benzene rings is 2. The van der Waals surface area contributed by atoms with E-state index in [0.29, 0.717) is 57.2 Å². The highest BCUT2D eigenvalue weighted by atomic mass is 79.9. The van der Waals surface area contributed by atoms with Gasteiger partial charge in [0.1, 0.15) is 12.1 Å². The number of fused-ring (bicyclic) bond motifs is 1. The lowest BCUT2D eigenvalue weighted by Gasteiger charge is -2.30. The fraction of sp³-hybridized carbons (Fsp3) is 0.469. The fourth-order valence-corrected chi connectivity index (χ4v) is 7.04. The van der Waals surface area contributed by atoms with Gasteiger partial charge in [-0.25, -0.2) is 9.48 Å². The molecule has 0 bridgehead atoms. The Hall–Kier alpha value is -2.69. The predicted molar refractivity (Wildman–Crippen MR) is 174 cm³/mol. The zero-order valence-electron chi connectivity index (χ0n) is 25.0. The molecule has 2 aliphatic rings. The molecule has 1 saturated carbocycles. The number of nitrogens with zero attached hydrogens (tertiary/aromatic N) is 3. The first-order valence-electron chi connectivity index (χ1n) is 14.8. The van der Waals surface area contributed by atoms with Crippen LogP contribution in [-0.2, 0) is 15.3 Å². The molecule has 1 aliphatic heterocycles. The molecule has 1 N–H and O–H groups in total. The van der Waals surface area contributed by atoms with E-state index < -0.39 is 6.04 Å². The van der Waals surface area contributed by atoms with Crippen molar-refractivity contribution in [2.45, 2.75) is 82.4 Å². The average molecular weight is 690 g/mol. The van der Waals surface area contributed by atoms with Gasteiger partial charge in [0.15, 0.2) is 11.5 Å². The van der Waals surface area contributed by atoms with E-state index in [1.54, 1.807) is 11.8 Å². The molecule has 3 aromatic rings. The van der Waals surface area contributed by atoms with Crippen molar-refractivity contribution >= 4 is 51.2 Å². The molecule has 0 radical (unpaired) electrons. The number of ether oxygens (including phenoxy) is 3. The molecule has 230 valence electrons. The number of allylic oxidation sites excluding steroid dienone is 1. The Morgan fingerprint density at radius 3 is 2.70 bits per heavy atom. The first-order valence-corrected chi connectivity index (χ1v) is 16.9. The standard InChI is InChI=1S/C32H38BrClN4O4S/c1-19(2)14-15-41-29-24(33)16-22(17-26(29)40-4)28-27(30(39)42-23-11-6-5-7-12-23)20(3)35-31-36-32(37-38(28)31)43-18-21-10-8-9-13-25(21)34/h8-10,13,16-17,19,23,28H,5-7,11-12,14-15,18H2,1-4H3,(H,35,36,37). The number of thioether (sulfide) groups is 1. The topological polar surface area (TPSA) is 87.5 Å². The summed E-state index contributed by atoms with van der Waals surface area (Å²) >= 11 is 11.6. The minimum Gasteiger partial charge on any atom is -0.493 e. The van der Waals surface area contributed by atoms with Crippen LogP contribution in [-0.4, -0.2) is 40.6 Å². The van der Waals surface area contributed by atoms with Crippen molar-refractivity contribution in [1.82, 2.24) is 14.8 Å². The van der Waals surface area contributed by atoms with Crippen LogP contribution in [0.4, 0.5) is 5.95 Å².